The van der Waals surface area contributed by atoms with Crippen molar-refractivity contribution in [2.45, 2.75) is 58.5 Å². The molecular formula is C21H40O6Si6. The second-order valence-corrected chi connectivity index (χ2v) is 29.0. The highest BCUT2D eigenvalue weighted by Crippen LogP contribution is 2.38. The van der Waals surface area contributed by atoms with Crippen LogP contribution in [0.15, 0.2) is 72.7 Å². The molecule has 2 heterocycles. The molecule has 184 valence electrons. The normalized spacial score (nSPS) is 44.1. The van der Waals surface area contributed by atoms with Crippen LogP contribution in [0.2, 0.25) is 37.8 Å². The molecule has 0 aromatic carbocycles. The molecule has 33 heavy (non-hydrogen) atoms. The lowest BCUT2D eigenvalue weighted by atomic mass is 10.6. The van der Waals surface area contributed by atoms with E-state index in [4.69, 9.17) is 24.7 Å². The summed E-state index contributed by atoms with van der Waals surface area (Å²) >= 11 is 0. The van der Waals surface area contributed by atoms with Crippen molar-refractivity contribution in [2.75, 3.05) is 0 Å². The molecule has 2 aliphatic rings. The van der Waals surface area contributed by atoms with E-state index in [-0.39, 0.29) is 0 Å². The summed E-state index contributed by atoms with van der Waals surface area (Å²) in [5, 5.41) is 0. The van der Waals surface area contributed by atoms with Gasteiger partial charge in [0.05, 0.1) is 0 Å². The Hall–Kier alpha value is -0.499. The van der Waals surface area contributed by atoms with Crippen molar-refractivity contribution in [2.24, 2.45) is 0 Å². The maximum atomic E-state index is 6.68. The first kappa shape index (κ1) is 28.7. The molecule has 2 saturated heterocycles. The summed E-state index contributed by atoms with van der Waals surface area (Å²) in [5.41, 5.74) is 11.6. The lowest BCUT2D eigenvalue weighted by Gasteiger charge is -2.50. The Labute approximate surface area is 206 Å². The summed E-state index contributed by atoms with van der Waals surface area (Å²) in [6.07, 6.45) is 4.00. The topological polar surface area (TPSA) is 55.4 Å². The average Bonchev–Trinajstić information content (AvgIpc) is 2.80. The minimum atomic E-state index is -2.67. The van der Waals surface area contributed by atoms with Crippen molar-refractivity contribution in [1.82, 2.24) is 0 Å². The first-order valence-electron chi connectivity index (χ1n) is 11.5. The fourth-order valence-electron chi connectivity index (χ4n) is 3.95. The SMILES string of the molecule is C=C[Si]1(C)O[Si](C)(C=C)O[Si](C)(/C=C/C=C/[Si]2(CC)O[Si](C=C)(CC)O[Si](C=C)(CC)O2)O1. The summed E-state index contributed by atoms with van der Waals surface area (Å²) in [6.45, 7) is 28.3. The van der Waals surface area contributed by atoms with Gasteiger partial charge in [-0.05, 0) is 49.2 Å². The van der Waals surface area contributed by atoms with Crippen LogP contribution in [0.5, 0.6) is 0 Å². The van der Waals surface area contributed by atoms with E-state index in [1.807, 2.05) is 60.3 Å². The zero-order valence-electron chi connectivity index (χ0n) is 21.0. The molecule has 2 rings (SSSR count). The van der Waals surface area contributed by atoms with Crippen LogP contribution in [-0.4, -0.2) is 51.4 Å². The number of allylic oxidation sites excluding steroid dienone is 2. The van der Waals surface area contributed by atoms with E-state index in [2.05, 4.69) is 52.8 Å². The Morgan fingerprint density at radius 1 is 0.485 bits per heavy atom. The fraction of sp³-hybridized carbons (Fsp3) is 0.429. The zero-order chi connectivity index (χ0) is 25.0. The molecule has 0 spiro atoms. The third kappa shape index (κ3) is 6.39. The summed E-state index contributed by atoms with van der Waals surface area (Å²) in [6, 6.07) is 2.37. The third-order valence-corrected chi connectivity index (χ3v) is 31.2. The smallest absolute Gasteiger partial charge is 0.347 e. The highest BCUT2D eigenvalue weighted by Gasteiger charge is 2.58. The Morgan fingerprint density at radius 2 is 0.848 bits per heavy atom. The van der Waals surface area contributed by atoms with E-state index < -0.39 is 51.4 Å². The predicted octanol–water partition coefficient (Wildman–Crippen LogP) is 5.81. The zero-order valence-corrected chi connectivity index (χ0v) is 27.0. The van der Waals surface area contributed by atoms with Gasteiger partial charge in [-0.2, -0.15) is 0 Å². The largest absolute Gasteiger partial charge is 0.410 e. The van der Waals surface area contributed by atoms with Gasteiger partial charge in [-0.15, -0.1) is 26.3 Å². The van der Waals surface area contributed by atoms with E-state index >= 15 is 0 Å². The van der Waals surface area contributed by atoms with Crippen molar-refractivity contribution < 1.29 is 24.7 Å². The van der Waals surface area contributed by atoms with Crippen molar-refractivity contribution in [3.63, 3.8) is 0 Å². The molecule has 0 bridgehead atoms. The Morgan fingerprint density at radius 3 is 1.21 bits per heavy atom. The molecular weight excluding hydrogens is 517 g/mol. The van der Waals surface area contributed by atoms with Crippen molar-refractivity contribution in [3.05, 3.63) is 72.7 Å². The minimum absolute atomic E-state index is 0.782. The van der Waals surface area contributed by atoms with Gasteiger partial charge < -0.3 is 24.7 Å². The van der Waals surface area contributed by atoms with Gasteiger partial charge in [0.2, 0.25) is 0 Å². The van der Waals surface area contributed by atoms with Gasteiger partial charge in [0.25, 0.3) is 0 Å². The lowest BCUT2D eigenvalue weighted by Crippen LogP contribution is -2.68. The quantitative estimate of drug-likeness (QED) is 0.250. The Balaban J connectivity index is 2.35. The fourth-order valence-corrected chi connectivity index (χ4v) is 32.8. The minimum Gasteiger partial charge on any atom is -0.410 e. The van der Waals surface area contributed by atoms with Crippen LogP contribution in [0.4, 0.5) is 0 Å². The van der Waals surface area contributed by atoms with Gasteiger partial charge in [0.1, 0.15) is 0 Å². The van der Waals surface area contributed by atoms with E-state index in [1.54, 1.807) is 0 Å². The molecule has 0 aromatic heterocycles. The van der Waals surface area contributed by atoms with Crippen LogP contribution in [0.1, 0.15) is 20.8 Å². The molecule has 2 fully saturated rings. The van der Waals surface area contributed by atoms with Gasteiger partial charge in [-0.3, -0.25) is 0 Å². The molecule has 2 aliphatic heterocycles. The van der Waals surface area contributed by atoms with Crippen LogP contribution >= 0.6 is 0 Å². The number of rotatable bonds is 10. The van der Waals surface area contributed by atoms with Crippen LogP contribution < -0.4 is 0 Å². The standard InChI is InChI=1S/C21H40O6Si6/c1-11-28(8)22-29(9,12-2)24-30(10,23-28)20-18-19-21-33(17-7)26-31(13-3,14-4)25-32(15-5,16-6)27-33/h11-13,15,18-21H,1-3,5,14,16-17H2,4,6-10H3/b20-18+,21-19+. The van der Waals surface area contributed by atoms with Gasteiger partial charge in [0, 0.05) is 0 Å². The Kier molecular flexibility index (Phi) is 9.26. The molecule has 6 nitrogen and oxygen atoms in total. The molecule has 4 atom stereocenters. The summed E-state index contributed by atoms with van der Waals surface area (Å²) in [4.78, 5) is 0. The van der Waals surface area contributed by atoms with E-state index in [9.17, 15) is 0 Å². The summed E-state index contributed by atoms with van der Waals surface area (Å²) in [7, 11) is -15.5. The van der Waals surface area contributed by atoms with Gasteiger partial charge in [-0.1, -0.05) is 55.7 Å². The molecule has 4 unspecified atom stereocenters. The maximum Gasteiger partial charge on any atom is 0.347 e. The third-order valence-electron chi connectivity index (χ3n) is 5.95. The summed E-state index contributed by atoms with van der Waals surface area (Å²) < 4.78 is 38.9. The molecule has 12 heteroatoms. The van der Waals surface area contributed by atoms with Crippen molar-refractivity contribution >= 4 is 51.4 Å². The molecule has 0 saturated carbocycles. The van der Waals surface area contributed by atoms with Crippen LogP contribution in [-0.2, 0) is 24.7 Å². The highest BCUT2D eigenvalue weighted by atomic mass is 28.5. The van der Waals surface area contributed by atoms with E-state index in [0.29, 0.717) is 0 Å². The first-order valence-corrected chi connectivity index (χ1v) is 25.0. The molecule has 0 N–H and O–H groups in total. The highest BCUT2D eigenvalue weighted by molar-refractivity contribution is 6.99. The molecule has 0 aliphatic carbocycles. The van der Waals surface area contributed by atoms with Crippen molar-refractivity contribution in [1.29, 1.82) is 0 Å². The van der Waals surface area contributed by atoms with Gasteiger partial charge in [0.15, 0.2) is 0 Å². The van der Waals surface area contributed by atoms with Crippen LogP contribution in [0.25, 0.3) is 0 Å². The average molecular weight is 557 g/mol. The van der Waals surface area contributed by atoms with Crippen molar-refractivity contribution in [3.8, 4) is 0 Å². The number of hydrogen-bond acceptors (Lipinski definition) is 6. The Bertz CT molecular complexity index is 790. The second-order valence-electron chi connectivity index (χ2n) is 8.69. The maximum absolute atomic E-state index is 6.68. The monoisotopic (exact) mass is 556 g/mol. The van der Waals surface area contributed by atoms with Crippen LogP contribution in [0.3, 0.4) is 0 Å². The molecule has 0 aromatic rings. The lowest BCUT2D eigenvalue weighted by molar-refractivity contribution is 0.236. The number of hydrogen-bond donors (Lipinski definition) is 0. The summed E-state index contributed by atoms with van der Waals surface area (Å²) in [5.74, 6) is 0. The van der Waals surface area contributed by atoms with E-state index in [0.717, 1.165) is 18.1 Å². The molecule has 0 amide bonds. The second kappa shape index (κ2) is 10.6. The van der Waals surface area contributed by atoms with E-state index in [1.165, 1.54) is 0 Å². The van der Waals surface area contributed by atoms with Gasteiger partial charge in [-0.25, -0.2) is 0 Å². The molecule has 0 radical (unpaired) electrons. The van der Waals surface area contributed by atoms with Gasteiger partial charge >= 0.3 is 51.4 Å². The first-order chi connectivity index (χ1) is 15.4. The van der Waals surface area contributed by atoms with Crippen LogP contribution in [0, 0.1) is 0 Å². The predicted molar refractivity (Wildman–Crippen MR) is 149 cm³/mol.